The monoisotopic (exact) mass is 346 g/mol. The number of esters is 1. The van der Waals surface area contributed by atoms with Crippen LogP contribution in [0, 0.1) is 6.92 Å². The van der Waals surface area contributed by atoms with E-state index in [1.54, 1.807) is 6.92 Å². The van der Waals surface area contributed by atoms with Gasteiger partial charge in [-0.1, -0.05) is 18.5 Å². The Balaban J connectivity index is 0.00000242. The van der Waals surface area contributed by atoms with Gasteiger partial charge in [0, 0.05) is 22.3 Å². The van der Waals surface area contributed by atoms with Gasteiger partial charge in [0.1, 0.15) is 5.69 Å². The van der Waals surface area contributed by atoms with Crippen LogP contribution >= 0.6 is 24.0 Å². The van der Waals surface area contributed by atoms with Crippen molar-refractivity contribution in [1.82, 2.24) is 4.98 Å². The number of nitrogens with two attached hydrogens (primary N) is 1. The first-order valence-electron chi connectivity index (χ1n) is 7.51. The number of carbonyl (C=O) groups excluding carboxylic acids is 1. The topological polar surface area (TPSA) is 68.1 Å². The van der Waals surface area contributed by atoms with Crippen LogP contribution in [-0.4, -0.2) is 23.6 Å². The molecule has 0 bridgehead atoms. The second-order valence-electron chi connectivity index (χ2n) is 5.49. The predicted octanol–water partition coefficient (Wildman–Crippen LogP) is 3.95. The largest absolute Gasteiger partial charge is 0.461 e. The van der Waals surface area contributed by atoms with Crippen LogP contribution in [-0.2, 0) is 11.2 Å². The number of nitrogens with one attached hydrogen (secondary N) is 1. The summed E-state index contributed by atoms with van der Waals surface area (Å²) < 4.78 is 5.08. The molecule has 0 amide bonds. The van der Waals surface area contributed by atoms with E-state index in [0.29, 0.717) is 12.3 Å². The minimum Gasteiger partial charge on any atom is -0.461 e. The van der Waals surface area contributed by atoms with E-state index in [0.717, 1.165) is 47.5 Å². The molecule has 0 aliphatic heterocycles. The van der Waals surface area contributed by atoms with E-state index in [4.69, 9.17) is 22.1 Å². The van der Waals surface area contributed by atoms with E-state index in [9.17, 15) is 4.79 Å². The first-order valence-corrected chi connectivity index (χ1v) is 7.89. The standard InChI is InChI=1S/C16H23ClN2O2.ClH/c1-4-11(18)8-10-6-7-12-13(14(10)17)9(3)15(19-12)16(20)21-5-2;/h11,19H,4-8,18H2,1-3H3;1H. The summed E-state index contributed by atoms with van der Waals surface area (Å²) in [4.78, 5) is 15.1. The molecule has 1 aliphatic carbocycles. The molecule has 1 aliphatic rings. The second kappa shape index (κ2) is 8.04. The number of H-pyrrole nitrogens is 1. The summed E-state index contributed by atoms with van der Waals surface area (Å²) >= 11 is 6.57. The molecule has 3 N–H and O–H groups in total. The number of aromatic amines is 1. The minimum absolute atomic E-state index is 0. The Morgan fingerprint density at radius 1 is 1.41 bits per heavy atom. The maximum Gasteiger partial charge on any atom is 0.355 e. The van der Waals surface area contributed by atoms with E-state index in [1.807, 2.05) is 6.92 Å². The fourth-order valence-corrected chi connectivity index (χ4v) is 3.19. The minimum atomic E-state index is -0.319. The van der Waals surface area contributed by atoms with Crippen LogP contribution in [0.2, 0.25) is 0 Å². The van der Waals surface area contributed by atoms with E-state index < -0.39 is 0 Å². The summed E-state index contributed by atoms with van der Waals surface area (Å²) in [6, 6.07) is 0.138. The van der Waals surface area contributed by atoms with Crippen LogP contribution < -0.4 is 5.73 Å². The fraction of sp³-hybridized carbons (Fsp3) is 0.562. The molecule has 4 nitrogen and oxygen atoms in total. The summed E-state index contributed by atoms with van der Waals surface area (Å²) in [6.45, 7) is 6.15. The van der Waals surface area contributed by atoms with Gasteiger partial charge in [-0.3, -0.25) is 0 Å². The molecule has 1 heterocycles. The zero-order valence-electron chi connectivity index (χ0n) is 13.3. The van der Waals surface area contributed by atoms with Crippen molar-refractivity contribution in [2.75, 3.05) is 6.61 Å². The van der Waals surface area contributed by atoms with Crippen LogP contribution in [0.5, 0.6) is 0 Å². The predicted molar refractivity (Wildman–Crippen MR) is 92.7 cm³/mol. The van der Waals surface area contributed by atoms with E-state index in [2.05, 4.69) is 11.9 Å². The Hall–Kier alpha value is -0.970. The normalized spacial score (nSPS) is 15.1. The third kappa shape index (κ3) is 3.67. The van der Waals surface area contributed by atoms with Gasteiger partial charge in [-0.2, -0.15) is 0 Å². The number of halogens is 2. The first kappa shape index (κ1) is 19.1. The highest BCUT2D eigenvalue weighted by Gasteiger charge is 2.26. The van der Waals surface area contributed by atoms with Crippen molar-refractivity contribution in [3.8, 4) is 0 Å². The third-order valence-electron chi connectivity index (χ3n) is 4.05. The molecule has 2 rings (SSSR count). The smallest absolute Gasteiger partial charge is 0.355 e. The lowest BCUT2D eigenvalue weighted by Crippen LogP contribution is -2.20. The Labute approximate surface area is 142 Å². The molecule has 1 aromatic rings. The van der Waals surface area contributed by atoms with Gasteiger partial charge in [-0.15, -0.1) is 12.4 Å². The Morgan fingerprint density at radius 2 is 2.09 bits per heavy atom. The van der Waals surface area contributed by atoms with Crippen LogP contribution in [0.15, 0.2) is 5.57 Å². The number of ether oxygens (including phenoxy) is 1. The van der Waals surface area contributed by atoms with Crippen LogP contribution in [0.25, 0.3) is 5.03 Å². The molecule has 0 saturated heterocycles. The van der Waals surface area contributed by atoms with Crippen molar-refractivity contribution >= 4 is 35.0 Å². The lowest BCUT2D eigenvalue weighted by molar-refractivity contribution is 0.0519. The number of fused-ring (bicyclic) bond motifs is 1. The lowest BCUT2D eigenvalue weighted by atomic mass is 9.91. The molecular formula is C16H24Cl2N2O2. The summed E-state index contributed by atoms with van der Waals surface area (Å²) in [7, 11) is 0. The molecule has 22 heavy (non-hydrogen) atoms. The summed E-state index contributed by atoms with van der Waals surface area (Å²) in [6.07, 6.45) is 3.49. The van der Waals surface area contributed by atoms with Gasteiger partial charge in [0.25, 0.3) is 0 Å². The SMILES string of the molecule is CCOC(=O)c1[nH]c2c(c1C)C(Cl)=C(CC(N)CC)CC2.Cl. The zero-order chi connectivity index (χ0) is 15.6. The van der Waals surface area contributed by atoms with Gasteiger partial charge in [0.05, 0.1) is 6.61 Å². The molecule has 1 atom stereocenters. The Kier molecular flexibility index (Phi) is 6.98. The summed E-state index contributed by atoms with van der Waals surface area (Å²) in [5.74, 6) is -0.319. The molecule has 0 aromatic carbocycles. The highest BCUT2D eigenvalue weighted by Crippen LogP contribution is 2.39. The van der Waals surface area contributed by atoms with Gasteiger partial charge in [-0.05, 0) is 50.7 Å². The number of hydrogen-bond acceptors (Lipinski definition) is 3. The second-order valence-corrected chi connectivity index (χ2v) is 5.87. The van der Waals surface area contributed by atoms with Gasteiger partial charge >= 0.3 is 5.97 Å². The van der Waals surface area contributed by atoms with Crippen molar-refractivity contribution in [1.29, 1.82) is 0 Å². The number of rotatable bonds is 5. The Morgan fingerprint density at radius 3 is 2.68 bits per heavy atom. The van der Waals surface area contributed by atoms with E-state index in [-0.39, 0.29) is 24.4 Å². The molecule has 124 valence electrons. The van der Waals surface area contributed by atoms with Crippen molar-refractivity contribution in [3.05, 3.63) is 28.1 Å². The maximum atomic E-state index is 12.0. The van der Waals surface area contributed by atoms with Gasteiger partial charge in [0.2, 0.25) is 0 Å². The molecule has 0 radical (unpaired) electrons. The molecule has 6 heteroatoms. The number of aryl methyl sites for hydroxylation is 1. The Bertz CT molecular complexity index is 579. The van der Waals surface area contributed by atoms with Crippen LogP contribution in [0.3, 0.4) is 0 Å². The van der Waals surface area contributed by atoms with Gasteiger partial charge < -0.3 is 15.5 Å². The lowest BCUT2D eigenvalue weighted by Gasteiger charge is -2.20. The van der Waals surface area contributed by atoms with Crippen LogP contribution in [0.1, 0.15) is 60.4 Å². The van der Waals surface area contributed by atoms with Gasteiger partial charge in [-0.25, -0.2) is 4.79 Å². The number of hydrogen-bond donors (Lipinski definition) is 2. The average molecular weight is 347 g/mol. The van der Waals surface area contributed by atoms with Crippen molar-refractivity contribution in [2.45, 2.75) is 52.5 Å². The van der Waals surface area contributed by atoms with Crippen molar-refractivity contribution in [3.63, 3.8) is 0 Å². The summed E-state index contributed by atoms with van der Waals surface area (Å²) in [5.41, 5.74) is 10.6. The summed E-state index contributed by atoms with van der Waals surface area (Å²) in [5, 5.41) is 0.754. The molecule has 1 aromatic heterocycles. The third-order valence-corrected chi connectivity index (χ3v) is 4.50. The highest BCUT2D eigenvalue weighted by atomic mass is 35.5. The van der Waals surface area contributed by atoms with E-state index in [1.165, 1.54) is 5.57 Å². The van der Waals surface area contributed by atoms with Crippen molar-refractivity contribution in [2.24, 2.45) is 5.73 Å². The molecule has 1 unspecified atom stereocenters. The quantitative estimate of drug-likeness (QED) is 0.793. The number of carbonyl (C=O) groups is 1. The fourth-order valence-electron chi connectivity index (χ4n) is 2.77. The molecule has 0 spiro atoms. The van der Waals surface area contributed by atoms with Crippen LogP contribution in [0.4, 0.5) is 0 Å². The highest BCUT2D eigenvalue weighted by molar-refractivity contribution is 6.49. The molecular weight excluding hydrogens is 323 g/mol. The maximum absolute atomic E-state index is 12.0. The van der Waals surface area contributed by atoms with E-state index >= 15 is 0 Å². The first-order chi connectivity index (χ1) is 9.99. The van der Waals surface area contributed by atoms with Crippen molar-refractivity contribution < 1.29 is 9.53 Å². The molecule has 0 saturated carbocycles. The van der Waals surface area contributed by atoms with Gasteiger partial charge in [0.15, 0.2) is 0 Å². The number of aromatic nitrogens is 1. The zero-order valence-corrected chi connectivity index (χ0v) is 14.9. The average Bonchev–Trinajstić information content (AvgIpc) is 2.80. The molecule has 0 fully saturated rings.